The van der Waals surface area contributed by atoms with E-state index >= 15 is 0 Å². The molecule has 1 aliphatic heterocycles. The van der Waals surface area contributed by atoms with Gasteiger partial charge in [-0.1, -0.05) is 12.1 Å². The van der Waals surface area contributed by atoms with Crippen molar-refractivity contribution in [3.05, 3.63) is 58.9 Å². The largest absolute Gasteiger partial charge is 0.497 e. The lowest BCUT2D eigenvalue weighted by Gasteiger charge is -1.99. The first-order valence-corrected chi connectivity index (χ1v) is 7.56. The Balaban J connectivity index is 1.70. The molecule has 1 fully saturated rings. The minimum absolute atomic E-state index is 0.197. The predicted molar refractivity (Wildman–Crippen MR) is 90.4 cm³/mol. The zero-order valence-electron chi connectivity index (χ0n) is 12.2. The average Bonchev–Trinajstić information content (AvgIpc) is 3.19. The minimum atomic E-state index is -0.197. The van der Waals surface area contributed by atoms with Gasteiger partial charge in [0.05, 0.1) is 24.5 Å². The summed E-state index contributed by atoms with van der Waals surface area (Å²) in [6, 6.07) is 11.0. The van der Waals surface area contributed by atoms with Gasteiger partial charge in [-0.3, -0.25) is 10.1 Å². The number of amidine groups is 1. The number of thioether (sulfide) groups is 1. The first-order chi connectivity index (χ1) is 11.2. The van der Waals surface area contributed by atoms with E-state index in [0.717, 1.165) is 11.3 Å². The number of nitrogens with zero attached hydrogens (tertiary/aromatic N) is 2. The fourth-order valence-electron chi connectivity index (χ4n) is 1.83. The van der Waals surface area contributed by atoms with Crippen LogP contribution >= 0.6 is 11.8 Å². The van der Waals surface area contributed by atoms with E-state index in [1.165, 1.54) is 18.0 Å². The van der Waals surface area contributed by atoms with Crippen LogP contribution < -0.4 is 10.1 Å². The summed E-state index contributed by atoms with van der Waals surface area (Å²) in [6.45, 7) is 0. The number of nitrogens with one attached hydrogen (secondary N) is 1. The van der Waals surface area contributed by atoms with Gasteiger partial charge in [-0.2, -0.15) is 5.10 Å². The molecule has 0 aliphatic carbocycles. The van der Waals surface area contributed by atoms with Gasteiger partial charge in [0.1, 0.15) is 11.5 Å². The Bertz CT molecular complexity index is 777. The van der Waals surface area contributed by atoms with E-state index in [2.05, 4.69) is 15.5 Å². The Morgan fingerprint density at radius 3 is 2.78 bits per heavy atom. The summed E-state index contributed by atoms with van der Waals surface area (Å²) in [5.74, 6) is 1.17. The Kier molecular flexibility index (Phi) is 4.58. The number of benzene rings is 1. The van der Waals surface area contributed by atoms with Crippen molar-refractivity contribution in [3.63, 3.8) is 0 Å². The van der Waals surface area contributed by atoms with Gasteiger partial charge in [-0.25, -0.2) is 0 Å². The highest BCUT2D eigenvalue weighted by Crippen LogP contribution is 2.26. The number of amides is 1. The first kappa shape index (κ1) is 15.1. The molecule has 1 aliphatic rings. The molecule has 23 heavy (non-hydrogen) atoms. The van der Waals surface area contributed by atoms with Gasteiger partial charge in [0.15, 0.2) is 5.17 Å². The number of furan rings is 1. The number of carbonyl (C=O) groups excluding carboxylic acids is 1. The molecule has 1 saturated heterocycles. The van der Waals surface area contributed by atoms with E-state index in [1.54, 1.807) is 31.6 Å². The molecule has 0 radical (unpaired) electrons. The molecule has 1 aromatic heterocycles. The molecule has 1 aromatic carbocycles. The van der Waals surface area contributed by atoms with Crippen LogP contribution in [0.15, 0.2) is 62.2 Å². The van der Waals surface area contributed by atoms with Gasteiger partial charge >= 0.3 is 0 Å². The lowest BCUT2D eigenvalue weighted by atomic mass is 10.2. The van der Waals surface area contributed by atoms with Crippen molar-refractivity contribution >= 4 is 35.1 Å². The molecule has 0 atom stereocenters. The van der Waals surface area contributed by atoms with Gasteiger partial charge in [-0.05, 0) is 47.7 Å². The second-order valence-electron chi connectivity index (χ2n) is 4.50. The molecule has 0 unspecified atom stereocenters. The van der Waals surface area contributed by atoms with Crippen LogP contribution in [0.3, 0.4) is 0 Å². The SMILES string of the molecule is COc1ccc(/C=C2\S/C(=N\N=C\c3ccco3)NC2=O)cc1. The summed E-state index contributed by atoms with van der Waals surface area (Å²) in [6.07, 6.45) is 4.82. The third-order valence-corrected chi connectivity index (χ3v) is 3.84. The van der Waals surface area contributed by atoms with Crippen molar-refractivity contribution in [3.8, 4) is 5.75 Å². The summed E-state index contributed by atoms with van der Waals surface area (Å²) in [5.41, 5.74) is 0.906. The van der Waals surface area contributed by atoms with Crippen molar-refractivity contribution in [2.24, 2.45) is 10.2 Å². The van der Waals surface area contributed by atoms with Crippen molar-refractivity contribution in [1.82, 2.24) is 5.32 Å². The summed E-state index contributed by atoms with van der Waals surface area (Å²) >= 11 is 1.24. The van der Waals surface area contributed by atoms with Gasteiger partial charge < -0.3 is 9.15 Å². The average molecular weight is 327 g/mol. The Morgan fingerprint density at radius 2 is 2.09 bits per heavy atom. The van der Waals surface area contributed by atoms with Crippen LogP contribution in [0.4, 0.5) is 0 Å². The van der Waals surface area contributed by atoms with Gasteiger partial charge in [0.25, 0.3) is 5.91 Å². The van der Waals surface area contributed by atoms with E-state index in [4.69, 9.17) is 9.15 Å². The quantitative estimate of drug-likeness (QED) is 0.532. The van der Waals surface area contributed by atoms with Crippen molar-refractivity contribution < 1.29 is 13.9 Å². The number of carbonyl (C=O) groups is 1. The molecule has 6 nitrogen and oxygen atoms in total. The smallest absolute Gasteiger partial charge is 0.264 e. The first-order valence-electron chi connectivity index (χ1n) is 6.74. The maximum atomic E-state index is 11.9. The zero-order chi connectivity index (χ0) is 16.1. The van der Waals surface area contributed by atoms with Crippen LogP contribution in [-0.2, 0) is 4.79 Å². The summed E-state index contributed by atoms with van der Waals surface area (Å²) in [4.78, 5) is 12.5. The molecular weight excluding hydrogens is 314 g/mol. The van der Waals surface area contributed by atoms with E-state index < -0.39 is 0 Å². The fraction of sp³-hybridized carbons (Fsp3) is 0.0625. The Morgan fingerprint density at radius 1 is 1.26 bits per heavy atom. The lowest BCUT2D eigenvalue weighted by Crippen LogP contribution is -2.19. The van der Waals surface area contributed by atoms with Crippen molar-refractivity contribution in [2.75, 3.05) is 7.11 Å². The van der Waals surface area contributed by atoms with Crippen LogP contribution in [0.1, 0.15) is 11.3 Å². The number of hydrogen-bond acceptors (Lipinski definition) is 6. The van der Waals surface area contributed by atoms with E-state index in [1.807, 2.05) is 24.3 Å². The van der Waals surface area contributed by atoms with E-state index in [0.29, 0.717) is 15.8 Å². The summed E-state index contributed by atoms with van der Waals surface area (Å²) in [5, 5.41) is 10.9. The molecule has 7 heteroatoms. The van der Waals surface area contributed by atoms with Crippen LogP contribution in [0.25, 0.3) is 6.08 Å². The molecule has 0 saturated carbocycles. The normalized spacial score (nSPS) is 18.0. The molecule has 3 rings (SSSR count). The van der Waals surface area contributed by atoms with Crippen LogP contribution in [0.2, 0.25) is 0 Å². The fourth-order valence-corrected chi connectivity index (χ4v) is 2.61. The highest BCUT2D eigenvalue weighted by Gasteiger charge is 2.23. The zero-order valence-corrected chi connectivity index (χ0v) is 13.0. The molecule has 1 amide bonds. The maximum Gasteiger partial charge on any atom is 0.264 e. The number of methoxy groups -OCH3 is 1. The summed E-state index contributed by atoms with van der Waals surface area (Å²) < 4.78 is 10.2. The molecule has 116 valence electrons. The number of rotatable bonds is 4. The second kappa shape index (κ2) is 6.97. The van der Waals surface area contributed by atoms with Crippen LogP contribution in [-0.4, -0.2) is 24.4 Å². The lowest BCUT2D eigenvalue weighted by molar-refractivity contribution is -0.115. The van der Waals surface area contributed by atoms with Crippen LogP contribution in [0, 0.1) is 0 Å². The topological polar surface area (TPSA) is 76.2 Å². The summed E-state index contributed by atoms with van der Waals surface area (Å²) in [7, 11) is 1.61. The molecule has 1 N–H and O–H groups in total. The minimum Gasteiger partial charge on any atom is -0.497 e. The van der Waals surface area contributed by atoms with Crippen molar-refractivity contribution in [2.45, 2.75) is 0 Å². The maximum absolute atomic E-state index is 11.9. The molecule has 0 spiro atoms. The highest BCUT2D eigenvalue weighted by atomic mass is 32.2. The van der Waals surface area contributed by atoms with E-state index in [9.17, 15) is 4.79 Å². The third-order valence-electron chi connectivity index (χ3n) is 2.94. The van der Waals surface area contributed by atoms with Crippen LogP contribution in [0.5, 0.6) is 5.75 Å². The molecule has 2 aromatic rings. The van der Waals surface area contributed by atoms with Crippen molar-refractivity contribution in [1.29, 1.82) is 0 Å². The van der Waals surface area contributed by atoms with Gasteiger partial charge in [0, 0.05) is 0 Å². The molecular formula is C16H13N3O3S. The van der Waals surface area contributed by atoms with E-state index in [-0.39, 0.29) is 5.91 Å². The monoisotopic (exact) mass is 327 g/mol. The highest BCUT2D eigenvalue weighted by molar-refractivity contribution is 8.18. The van der Waals surface area contributed by atoms with Gasteiger partial charge in [-0.15, -0.1) is 5.10 Å². The second-order valence-corrected chi connectivity index (χ2v) is 5.53. The predicted octanol–water partition coefficient (Wildman–Crippen LogP) is 2.88. The number of ether oxygens (including phenoxy) is 1. The third kappa shape index (κ3) is 3.89. The molecule has 2 heterocycles. The number of hydrogen-bond donors (Lipinski definition) is 1. The van der Waals surface area contributed by atoms with Gasteiger partial charge in [0.2, 0.25) is 0 Å². The Labute approximate surface area is 136 Å². The molecule has 0 bridgehead atoms. The standard InChI is InChI=1S/C16H13N3O3S/c1-21-12-6-4-11(5-7-12)9-14-15(20)18-16(23-14)19-17-10-13-3-2-8-22-13/h2-10H,1H3,(H,18,19,20)/b14-9-,17-10+. The Hall–Kier alpha value is -2.80.